The molecule has 0 radical (unpaired) electrons. The standard InChI is InChI=1S/C22H28ClN3OS/c1-17-5-3-6-20(24-17)16-25-11-4-12-26(14-13-25)22(27)15-18(2)28-21-9-7-19(23)8-10-21/h3,5-10,18H,4,11-16H2,1-2H3. The second-order valence-corrected chi connectivity index (χ2v) is 9.32. The van der Waals surface area contributed by atoms with Crippen LogP contribution in [0.1, 0.15) is 31.2 Å². The second-order valence-electron chi connectivity index (χ2n) is 7.37. The average molecular weight is 418 g/mol. The van der Waals surface area contributed by atoms with Gasteiger partial charge in [0, 0.05) is 60.0 Å². The normalized spacial score (nSPS) is 16.6. The smallest absolute Gasteiger partial charge is 0.223 e. The first-order valence-electron chi connectivity index (χ1n) is 9.84. The van der Waals surface area contributed by atoms with Gasteiger partial charge < -0.3 is 4.90 Å². The summed E-state index contributed by atoms with van der Waals surface area (Å²) in [7, 11) is 0. The molecule has 0 spiro atoms. The Morgan fingerprint density at radius 2 is 1.93 bits per heavy atom. The number of carbonyl (C=O) groups excluding carboxylic acids is 1. The molecule has 1 fully saturated rings. The van der Waals surface area contributed by atoms with E-state index in [0.717, 1.165) is 60.5 Å². The summed E-state index contributed by atoms with van der Waals surface area (Å²) in [6.07, 6.45) is 1.57. The zero-order valence-electron chi connectivity index (χ0n) is 16.6. The first-order valence-corrected chi connectivity index (χ1v) is 11.1. The molecule has 1 aromatic carbocycles. The van der Waals surface area contributed by atoms with Crippen molar-refractivity contribution in [3.05, 3.63) is 58.9 Å². The number of benzene rings is 1. The number of aromatic nitrogens is 1. The molecule has 0 aliphatic carbocycles. The Bertz CT molecular complexity index is 784. The number of halogens is 1. The number of pyridine rings is 1. The van der Waals surface area contributed by atoms with E-state index in [1.165, 1.54) is 0 Å². The molecule has 3 rings (SSSR count). The van der Waals surface area contributed by atoms with Gasteiger partial charge in [0.15, 0.2) is 0 Å². The number of carbonyl (C=O) groups is 1. The van der Waals surface area contributed by atoms with Gasteiger partial charge in [-0.25, -0.2) is 0 Å². The molecule has 1 aromatic heterocycles. The molecule has 0 bridgehead atoms. The molecule has 1 unspecified atom stereocenters. The summed E-state index contributed by atoms with van der Waals surface area (Å²) in [6, 6.07) is 14.0. The monoisotopic (exact) mass is 417 g/mol. The van der Waals surface area contributed by atoms with E-state index in [4.69, 9.17) is 11.6 Å². The first-order chi connectivity index (χ1) is 13.5. The fourth-order valence-electron chi connectivity index (χ4n) is 3.46. The molecule has 150 valence electrons. The lowest BCUT2D eigenvalue weighted by Gasteiger charge is -2.23. The highest BCUT2D eigenvalue weighted by Gasteiger charge is 2.21. The van der Waals surface area contributed by atoms with E-state index < -0.39 is 0 Å². The molecule has 1 saturated heterocycles. The van der Waals surface area contributed by atoms with Gasteiger partial charge in [0.2, 0.25) is 5.91 Å². The minimum atomic E-state index is 0.240. The third-order valence-electron chi connectivity index (χ3n) is 4.89. The maximum atomic E-state index is 12.8. The van der Waals surface area contributed by atoms with Gasteiger partial charge >= 0.3 is 0 Å². The van der Waals surface area contributed by atoms with Crippen LogP contribution in [0.5, 0.6) is 0 Å². The molecule has 4 nitrogen and oxygen atoms in total. The predicted molar refractivity (Wildman–Crippen MR) is 117 cm³/mol. The quantitative estimate of drug-likeness (QED) is 0.641. The molecular weight excluding hydrogens is 390 g/mol. The van der Waals surface area contributed by atoms with Crippen molar-refractivity contribution in [2.75, 3.05) is 26.2 Å². The molecule has 28 heavy (non-hydrogen) atoms. The van der Waals surface area contributed by atoms with E-state index in [9.17, 15) is 4.79 Å². The van der Waals surface area contributed by atoms with Crippen molar-refractivity contribution in [3.63, 3.8) is 0 Å². The van der Waals surface area contributed by atoms with Gasteiger partial charge in [0.1, 0.15) is 0 Å². The zero-order chi connectivity index (χ0) is 19.9. The van der Waals surface area contributed by atoms with Crippen LogP contribution in [0.3, 0.4) is 0 Å². The van der Waals surface area contributed by atoms with Gasteiger partial charge in [-0.2, -0.15) is 0 Å². The van der Waals surface area contributed by atoms with Gasteiger partial charge in [0.05, 0.1) is 5.69 Å². The van der Waals surface area contributed by atoms with Crippen molar-refractivity contribution >= 4 is 29.3 Å². The molecule has 6 heteroatoms. The van der Waals surface area contributed by atoms with Gasteiger partial charge in [-0.3, -0.25) is 14.7 Å². The Morgan fingerprint density at radius 3 is 2.68 bits per heavy atom. The molecular formula is C22H28ClN3OS. The fraction of sp³-hybridized carbons (Fsp3) is 0.455. The maximum absolute atomic E-state index is 12.8. The Hall–Kier alpha value is -1.56. The minimum absolute atomic E-state index is 0.240. The summed E-state index contributed by atoms with van der Waals surface area (Å²) >= 11 is 7.67. The minimum Gasteiger partial charge on any atom is -0.341 e. The second kappa shape index (κ2) is 10.3. The number of thioether (sulfide) groups is 1. The number of nitrogens with zero attached hydrogens (tertiary/aromatic N) is 3. The van der Waals surface area contributed by atoms with Crippen LogP contribution in [0.25, 0.3) is 0 Å². The summed E-state index contributed by atoms with van der Waals surface area (Å²) in [4.78, 5) is 23.0. The number of aryl methyl sites for hydroxylation is 1. The largest absolute Gasteiger partial charge is 0.341 e. The summed E-state index contributed by atoms with van der Waals surface area (Å²) in [5.74, 6) is 0.254. The summed E-state index contributed by atoms with van der Waals surface area (Å²) in [5, 5.41) is 0.979. The molecule has 0 saturated carbocycles. The Labute approximate surface area is 177 Å². The van der Waals surface area contributed by atoms with Gasteiger partial charge in [-0.1, -0.05) is 24.6 Å². The molecule has 0 N–H and O–H groups in total. The van der Waals surface area contributed by atoms with Crippen LogP contribution >= 0.6 is 23.4 Å². The zero-order valence-corrected chi connectivity index (χ0v) is 18.2. The highest BCUT2D eigenvalue weighted by molar-refractivity contribution is 8.00. The lowest BCUT2D eigenvalue weighted by atomic mass is 10.3. The predicted octanol–water partition coefficient (Wildman–Crippen LogP) is 4.65. The Balaban J connectivity index is 1.47. The van der Waals surface area contributed by atoms with Crippen molar-refractivity contribution in [1.29, 1.82) is 0 Å². The van der Waals surface area contributed by atoms with Crippen LogP contribution in [-0.2, 0) is 11.3 Å². The van der Waals surface area contributed by atoms with Crippen LogP contribution in [0.2, 0.25) is 5.02 Å². The number of amides is 1. The number of hydrogen-bond acceptors (Lipinski definition) is 4. The van der Waals surface area contributed by atoms with E-state index in [-0.39, 0.29) is 11.2 Å². The molecule has 1 amide bonds. The van der Waals surface area contributed by atoms with Crippen molar-refractivity contribution in [2.24, 2.45) is 0 Å². The Morgan fingerprint density at radius 1 is 1.14 bits per heavy atom. The van der Waals surface area contributed by atoms with E-state index in [2.05, 4.69) is 28.9 Å². The highest BCUT2D eigenvalue weighted by atomic mass is 35.5. The lowest BCUT2D eigenvalue weighted by Crippen LogP contribution is -2.36. The van der Waals surface area contributed by atoms with E-state index in [0.29, 0.717) is 6.42 Å². The van der Waals surface area contributed by atoms with Crippen molar-refractivity contribution in [2.45, 2.75) is 43.4 Å². The van der Waals surface area contributed by atoms with E-state index in [1.54, 1.807) is 11.8 Å². The highest BCUT2D eigenvalue weighted by Crippen LogP contribution is 2.27. The van der Waals surface area contributed by atoms with Gasteiger partial charge in [0.25, 0.3) is 0 Å². The van der Waals surface area contributed by atoms with Gasteiger partial charge in [-0.15, -0.1) is 11.8 Å². The molecule has 2 heterocycles. The van der Waals surface area contributed by atoms with Crippen LogP contribution in [0.4, 0.5) is 0 Å². The van der Waals surface area contributed by atoms with Crippen molar-refractivity contribution in [3.8, 4) is 0 Å². The van der Waals surface area contributed by atoms with Gasteiger partial charge in [-0.05, 0) is 49.7 Å². The van der Waals surface area contributed by atoms with Crippen LogP contribution in [0, 0.1) is 6.92 Å². The maximum Gasteiger partial charge on any atom is 0.223 e. The molecule has 1 aliphatic rings. The third-order valence-corrected chi connectivity index (χ3v) is 6.25. The average Bonchev–Trinajstić information content (AvgIpc) is 2.89. The summed E-state index contributed by atoms with van der Waals surface area (Å²) in [6.45, 7) is 8.54. The summed E-state index contributed by atoms with van der Waals surface area (Å²) < 4.78 is 0. The molecule has 1 aliphatic heterocycles. The third kappa shape index (κ3) is 6.50. The lowest BCUT2D eigenvalue weighted by molar-refractivity contribution is -0.131. The number of rotatable bonds is 6. The Kier molecular flexibility index (Phi) is 7.77. The van der Waals surface area contributed by atoms with E-state index >= 15 is 0 Å². The molecule has 1 atom stereocenters. The van der Waals surface area contributed by atoms with Crippen LogP contribution < -0.4 is 0 Å². The molecule has 2 aromatic rings. The van der Waals surface area contributed by atoms with Crippen LogP contribution in [0.15, 0.2) is 47.4 Å². The fourth-order valence-corrected chi connectivity index (χ4v) is 4.57. The first kappa shape index (κ1) is 21.2. The van der Waals surface area contributed by atoms with Crippen molar-refractivity contribution < 1.29 is 4.79 Å². The summed E-state index contributed by atoms with van der Waals surface area (Å²) in [5.41, 5.74) is 2.16. The number of hydrogen-bond donors (Lipinski definition) is 0. The van der Waals surface area contributed by atoms with E-state index in [1.807, 2.05) is 42.2 Å². The SMILES string of the molecule is Cc1cccc(CN2CCCN(C(=O)CC(C)Sc3ccc(Cl)cc3)CC2)n1. The van der Waals surface area contributed by atoms with Crippen LogP contribution in [-0.4, -0.2) is 52.1 Å². The van der Waals surface area contributed by atoms with Crippen molar-refractivity contribution in [1.82, 2.24) is 14.8 Å². The topological polar surface area (TPSA) is 36.4 Å².